The molecule has 2 rings (SSSR count). The van der Waals surface area contributed by atoms with Crippen LogP contribution in [0.15, 0.2) is 30.3 Å². The summed E-state index contributed by atoms with van der Waals surface area (Å²) in [5.41, 5.74) is 7.21. The molecule has 4 nitrogen and oxygen atoms in total. The number of hydrogen-bond acceptors (Lipinski definition) is 3. The number of anilines is 2. The van der Waals surface area contributed by atoms with Crippen molar-refractivity contribution >= 4 is 28.3 Å². The third-order valence-corrected chi connectivity index (χ3v) is 2.49. The van der Waals surface area contributed by atoms with Crippen molar-refractivity contribution < 1.29 is 4.79 Å². The number of pyridine rings is 1. The van der Waals surface area contributed by atoms with Crippen LogP contribution in [0.3, 0.4) is 0 Å². The van der Waals surface area contributed by atoms with E-state index in [1.807, 2.05) is 32.0 Å². The van der Waals surface area contributed by atoms with Crippen LogP contribution in [0.1, 0.15) is 13.8 Å². The van der Waals surface area contributed by atoms with E-state index in [1.165, 1.54) is 0 Å². The van der Waals surface area contributed by atoms with Crippen molar-refractivity contribution in [2.24, 2.45) is 5.92 Å². The molecule has 1 aromatic carbocycles. The van der Waals surface area contributed by atoms with Crippen molar-refractivity contribution in [3.8, 4) is 0 Å². The molecule has 0 saturated carbocycles. The Kier molecular flexibility index (Phi) is 2.95. The van der Waals surface area contributed by atoms with E-state index in [0.29, 0.717) is 11.5 Å². The van der Waals surface area contributed by atoms with Crippen molar-refractivity contribution in [2.45, 2.75) is 13.8 Å². The summed E-state index contributed by atoms with van der Waals surface area (Å²) in [6, 6.07) is 9.17. The van der Waals surface area contributed by atoms with Crippen molar-refractivity contribution in [1.82, 2.24) is 4.98 Å². The lowest BCUT2D eigenvalue weighted by Gasteiger charge is -2.07. The minimum absolute atomic E-state index is 0.0349. The van der Waals surface area contributed by atoms with Gasteiger partial charge in [0.05, 0.1) is 5.52 Å². The summed E-state index contributed by atoms with van der Waals surface area (Å²) in [6.45, 7) is 3.69. The Hall–Kier alpha value is -2.10. The number of nitrogens with one attached hydrogen (secondary N) is 1. The first-order chi connectivity index (χ1) is 8.06. The molecule has 0 aliphatic heterocycles. The Morgan fingerprint density at radius 2 is 2.06 bits per heavy atom. The number of benzene rings is 1. The van der Waals surface area contributed by atoms with E-state index in [-0.39, 0.29) is 11.8 Å². The standard InChI is InChI=1S/C13H15N3O/c1-8(2)13(17)16-12-6-3-9-7-10(14)4-5-11(9)15-12/h3-8H,14H2,1-2H3,(H,15,16,17). The lowest BCUT2D eigenvalue weighted by atomic mass is 10.2. The zero-order valence-electron chi connectivity index (χ0n) is 9.90. The molecule has 0 bridgehead atoms. The number of carbonyl (C=O) groups is 1. The van der Waals surface area contributed by atoms with Crippen LogP contribution in [0.5, 0.6) is 0 Å². The van der Waals surface area contributed by atoms with Gasteiger partial charge in [-0.2, -0.15) is 0 Å². The third-order valence-electron chi connectivity index (χ3n) is 2.49. The molecule has 1 amide bonds. The maximum atomic E-state index is 11.5. The average Bonchev–Trinajstić information content (AvgIpc) is 2.29. The highest BCUT2D eigenvalue weighted by molar-refractivity contribution is 5.92. The Morgan fingerprint density at radius 1 is 1.29 bits per heavy atom. The highest BCUT2D eigenvalue weighted by Gasteiger charge is 2.08. The number of hydrogen-bond donors (Lipinski definition) is 2. The summed E-state index contributed by atoms with van der Waals surface area (Å²) >= 11 is 0. The molecule has 0 fully saturated rings. The first-order valence-corrected chi connectivity index (χ1v) is 5.53. The van der Waals surface area contributed by atoms with Gasteiger partial charge in [-0.25, -0.2) is 4.98 Å². The molecule has 2 aromatic rings. The molecule has 1 aromatic heterocycles. The highest BCUT2D eigenvalue weighted by atomic mass is 16.1. The Morgan fingerprint density at radius 3 is 2.76 bits per heavy atom. The number of nitrogens with zero attached hydrogens (tertiary/aromatic N) is 1. The number of carbonyl (C=O) groups excluding carboxylic acids is 1. The first-order valence-electron chi connectivity index (χ1n) is 5.53. The largest absolute Gasteiger partial charge is 0.399 e. The molecule has 0 aliphatic carbocycles. The van der Waals surface area contributed by atoms with Gasteiger partial charge in [-0.15, -0.1) is 0 Å². The van der Waals surface area contributed by atoms with Crippen LogP contribution in [-0.2, 0) is 4.79 Å². The predicted octanol–water partition coefficient (Wildman–Crippen LogP) is 2.41. The van der Waals surface area contributed by atoms with E-state index in [0.717, 1.165) is 10.9 Å². The topological polar surface area (TPSA) is 68.0 Å². The van der Waals surface area contributed by atoms with Gasteiger partial charge in [-0.1, -0.05) is 13.8 Å². The molecular weight excluding hydrogens is 214 g/mol. The van der Waals surface area contributed by atoms with Crippen LogP contribution in [0.4, 0.5) is 11.5 Å². The fourth-order valence-corrected chi connectivity index (χ4v) is 1.48. The van der Waals surface area contributed by atoms with E-state index in [4.69, 9.17) is 5.73 Å². The van der Waals surface area contributed by atoms with Gasteiger partial charge in [0, 0.05) is 17.0 Å². The summed E-state index contributed by atoms with van der Waals surface area (Å²) in [6.07, 6.45) is 0. The SMILES string of the molecule is CC(C)C(=O)Nc1ccc2cc(N)ccc2n1. The second kappa shape index (κ2) is 4.41. The summed E-state index contributed by atoms with van der Waals surface area (Å²) in [4.78, 5) is 15.9. The second-order valence-corrected chi connectivity index (χ2v) is 4.29. The molecule has 0 unspecified atom stereocenters. The van der Waals surface area contributed by atoms with E-state index >= 15 is 0 Å². The molecule has 0 aliphatic rings. The Bertz CT molecular complexity index is 564. The van der Waals surface area contributed by atoms with E-state index < -0.39 is 0 Å². The van der Waals surface area contributed by atoms with E-state index in [9.17, 15) is 4.79 Å². The average molecular weight is 229 g/mol. The Labute approximate surface area is 99.8 Å². The number of nitrogens with two attached hydrogens (primary N) is 1. The molecule has 3 N–H and O–H groups in total. The predicted molar refractivity (Wildman–Crippen MR) is 69.6 cm³/mol. The van der Waals surface area contributed by atoms with Gasteiger partial charge in [-0.3, -0.25) is 4.79 Å². The fraction of sp³-hybridized carbons (Fsp3) is 0.231. The lowest BCUT2D eigenvalue weighted by Crippen LogP contribution is -2.18. The minimum atomic E-state index is -0.0566. The monoisotopic (exact) mass is 229 g/mol. The fourth-order valence-electron chi connectivity index (χ4n) is 1.48. The molecule has 1 heterocycles. The zero-order valence-corrected chi connectivity index (χ0v) is 9.90. The quantitative estimate of drug-likeness (QED) is 0.777. The normalized spacial score (nSPS) is 10.8. The Balaban J connectivity index is 2.32. The lowest BCUT2D eigenvalue weighted by molar-refractivity contribution is -0.118. The number of nitrogen functional groups attached to an aromatic ring is 1. The van der Waals surface area contributed by atoms with Crippen LogP contribution < -0.4 is 11.1 Å². The molecule has 0 atom stereocenters. The van der Waals surface area contributed by atoms with E-state index in [1.54, 1.807) is 12.1 Å². The van der Waals surface area contributed by atoms with E-state index in [2.05, 4.69) is 10.3 Å². The number of amides is 1. The van der Waals surface area contributed by atoms with Crippen LogP contribution in [0.25, 0.3) is 10.9 Å². The number of rotatable bonds is 2. The summed E-state index contributed by atoms with van der Waals surface area (Å²) in [5.74, 6) is 0.479. The second-order valence-electron chi connectivity index (χ2n) is 4.29. The van der Waals surface area contributed by atoms with Gasteiger partial charge in [0.25, 0.3) is 0 Å². The number of fused-ring (bicyclic) bond motifs is 1. The summed E-state index contributed by atoms with van der Waals surface area (Å²) in [5, 5.41) is 3.73. The van der Waals surface area contributed by atoms with Gasteiger partial charge in [0.1, 0.15) is 5.82 Å². The molecule has 0 saturated heterocycles. The molecule has 0 spiro atoms. The number of aromatic nitrogens is 1. The molecule has 88 valence electrons. The molecule has 4 heteroatoms. The van der Waals surface area contributed by atoms with Crippen molar-refractivity contribution in [1.29, 1.82) is 0 Å². The maximum absolute atomic E-state index is 11.5. The van der Waals surface area contributed by atoms with Gasteiger partial charge in [-0.05, 0) is 30.3 Å². The van der Waals surface area contributed by atoms with Crippen LogP contribution >= 0.6 is 0 Å². The third kappa shape index (κ3) is 2.53. The van der Waals surface area contributed by atoms with Gasteiger partial charge in [0.2, 0.25) is 5.91 Å². The van der Waals surface area contributed by atoms with Crippen LogP contribution in [0.2, 0.25) is 0 Å². The molecule has 17 heavy (non-hydrogen) atoms. The molecular formula is C13H15N3O. The van der Waals surface area contributed by atoms with Crippen LogP contribution in [-0.4, -0.2) is 10.9 Å². The maximum Gasteiger partial charge on any atom is 0.228 e. The van der Waals surface area contributed by atoms with Gasteiger partial charge >= 0.3 is 0 Å². The van der Waals surface area contributed by atoms with Crippen molar-refractivity contribution in [3.63, 3.8) is 0 Å². The van der Waals surface area contributed by atoms with Crippen molar-refractivity contribution in [2.75, 3.05) is 11.1 Å². The highest BCUT2D eigenvalue weighted by Crippen LogP contribution is 2.18. The van der Waals surface area contributed by atoms with Crippen molar-refractivity contribution in [3.05, 3.63) is 30.3 Å². The van der Waals surface area contributed by atoms with Crippen LogP contribution in [0, 0.1) is 5.92 Å². The van der Waals surface area contributed by atoms with Gasteiger partial charge < -0.3 is 11.1 Å². The molecule has 0 radical (unpaired) electrons. The minimum Gasteiger partial charge on any atom is -0.399 e. The van der Waals surface area contributed by atoms with Gasteiger partial charge in [0.15, 0.2) is 0 Å². The first kappa shape index (κ1) is 11.4. The summed E-state index contributed by atoms with van der Waals surface area (Å²) < 4.78 is 0. The zero-order chi connectivity index (χ0) is 12.4. The smallest absolute Gasteiger partial charge is 0.228 e. The summed E-state index contributed by atoms with van der Waals surface area (Å²) in [7, 11) is 0.